The largest absolute Gasteiger partial charge is 4.00 e. The standard InChI is InChI=1S/Hf.4O.W/q+4;4*-2;. The smallest absolute Gasteiger partial charge is 2.00 e. The van der Waals surface area contributed by atoms with E-state index in [4.69, 9.17) is 0 Å². The summed E-state index contributed by atoms with van der Waals surface area (Å²) in [6.07, 6.45) is 0. The van der Waals surface area contributed by atoms with E-state index in [9.17, 15) is 0 Å². The van der Waals surface area contributed by atoms with E-state index in [-0.39, 0.29) is 68.8 Å². The molecular weight excluding hydrogens is 426 g/mol. The van der Waals surface area contributed by atoms with Gasteiger partial charge in [-0.2, -0.15) is 0 Å². The first-order chi connectivity index (χ1) is 0. The van der Waals surface area contributed by atoms with Gasteiger partial charge >= 0.3 is 25.8 Å². The second kappa shape index (κ2) is 95.4. The molecule has 0 aromatic heterocycles. The van der Waals surface area contributed by atoms with Gasteiger partial charge < -0.3 is 21.9 Å². The Morgan fingerprint density at radius 2 is 0.500 bits per heavy atom. The number of rotatable bonds is 0. The normalized spacial score (nSPS) is 0. The third-order valence-electron chi connectivity index (χ3n) is 0. The average Bonchev–Trinajstić information content (AvgIpc) is 0. The molecule has 0 aliphatic heterocycles. The first-order valence-corrected chi connectivity index (χ1v) is 0. The van der Waals surface area contributed by atoms with Crippen molar-refractivity contribution in [1.29, 1.82) is 0 Å². The van der Waals surface area contributed by atoms with Crippen LogP contribution in [0.3, 0.4) is 0 Å². The molecule has 0 N–H and O–H groups in total. The minimum atomic E-state index is 0. The Balaban J connectivity index is 0. The number of hydrogen-bond donors (Lipinski definition) is 0. The molecule has 0 aliphatic carbocycles. The van der Waals surface area contributed by atoms with Gasteiger partial charge in [-0.15, -0.1) is 0 Å². The van der Waals surface area contributed by atoms with Gasteiger partial charge in [0, 0.05) is 21.1 Å². The van der Waals surface area contributed by atoms with Crippen molar-refractivity contribution in [1.82, 2.24) is 0 Å². The molecule has 4 nitrogen and oxygen atoms in total. The molecule has 0 radical (unpaired) electrons. The van der Waals surface area contributed by atoms with Crippen LogP contribution in [-0.2, 0) is 68.8 Å². The maximum absolute atomic E-state index is 0. The summed E-state index contributed by atoms with van der Waals surface area (Å²) in [6, 6.07) is 0. The molecule has 0 aromatic rings. The maximum atomic E-state index is 0. The van der Waals surface area contributed by atoms with Gasteiger partial charge in [0.05, 0.1) is 0 Å². The van der Waals surface area contributed by atoms with Crippen LogP contribution in [0.5, 0.6) is 0 Å². The number of hydrogen-bond acceptors (Lipinski definition) is 0. The van der Waals surface area contributed by atoms with Crippen molar-refractivity contribution in [2.45, 2.75) is 0 Å². The van der Waals surface area contributed by atoms with E-state index in [0.717, 1.165) is 0 Å². The summed E-state index contributed by atoms with van der Waals surface area (Å²) >= 11 is 0. The molecule has 0 aromatic carbocycles. The van der Waals surface area contributed by atoms with Crippen LogP contribution in [0.15, 0.2) is 0 Å². The van der Waals surface area contributed by atoms with Crippen molar-refractivity contribution in [3.8, 4) is 0 Å². The Bertz CT molecular complexity index is 7.51. The van der Waals surface area contributed by atoms with Crippen LogP contribution in [0, 0.1) is 0 Å². The van der Waals surface area contributed by atoms with Crippen molar-refractivity contribution in [2.75, 3.05) is 0 Å². The zero-order chi connectivity index (χ0) is 0. The molecule has 0 heterocycles. The van der Waals surface area contributed by atoms with E-state index in [2.05, 4.69) is 0 Å². The predicted octanol–water partition coefficient (Wildman–Crippen LogP) is -0.480. The minimum Gasteiger partial charge on any atom is -2.00 e. The van der Waals surface area contributed by atoms with E-state index < -0.39 is 0 Å². The summed E-state index contributed by atoms with van der Waals surface area (Å²) in [4.78, 5) is 0. The van der Waals surface area contributed by atoms with E-state index in [1.807, 2.05) is 0 Å². The monoisotopic (exact) mass is 428 g/mol. The van der Waals surface area contributed by atoms with Crippen LogP contribution < -0.4 is 0 Å². The molecule has 0 unspecified atom stereocenters. The Kier molecular flexibility index (Phi) is 2460. The van der Waals surface area contributed by atoms with Gasteiger partial charge in [0.2, 0.25) is 0 Å². The van der Waals surface area contributed by atoms with Gasteiger partial charge in [-0.05, 0) is 0 Å². The predicted molar refractivity (Wildman–Crippen MR) is 2.75 cm³/mol. The summed E-state index contributed by atoms with van der Waals surface area (Å²) in [6.45, 7) is 0. The third-order valence-corrected chi connectivity index (χ3v) is 0. The Morgan fingerprint density at radius 1 is 0.500 bits per heavy atom. The molecule has 0 amide bonds. The van der Waals surface area contributed by atoms with Crippen molar-refractivity contribution in [2.24, 2.45) is 0 Å². The van der Waals surface area contributed by atoms with E-state index in [0.29, 0.717) is 0 Å². The molecule has 0 saturated carbocycles. The Hall–Kier alpha value is 1.40. The third kappa shape index (κ3) is 53.4. The van der Waals surface area contributed by atoms with E-state index in [1.54, 1.807) is 0 Å². The second-order valence-corrected chi connectivity index (χ2v) is 0. The minimum absolute atomic E-state index is 0. The van der Waals surface area contributed by atoms with Gasteiger partial charge in [-0.25, -0.2) is 0 Å². The topological polar surface area (TPSA) is 114 Å². The fourth-order valence-electron chi connectivity index (χ4n) is 0. The quantitative estimate of drug-likeness (QED) is 0.466. The summed E-state index contributed by atoms with van der Waals surface area (Å²) < 4.78 is 0. The van der Waals surface area contributed by atoms with Gasteiger partial charge in [-0.1, -0.05) is 0 Å². The molecule has 0 bridgehead atoms. The van der Waals surface area contributed by atoms with Crippen molar-refractivity contribution >= 4 is 0 Å². The molecule has 0 rings (SSSR count). The van der Waals surface area contributed by atoms with Crippen molar-refractivity contribution < 1.29 is 68.8 Å². The van der Waals surface area contributed by atoms with E-state index in [1.165, 1.54) is 0 Å². The van der Waals surface area contributed by atoms with Crippen LogP contribution in [0.1, 0.15) is 0 Å². The summed E-state index contributed by atoms with van der Waals surface area (Å²) in [7, 11) is 0. The fourth-order valence-corrected chi connectivity index (χ4v) is 0. The van der Waals surface area contributed by atoms with Gasteiger partial charge in [0.25, 0.3) is 0 Å². The first-order valence-electron chi connectivity index (χ1n) is 0. The summed E-state index contributed by atoms with van der Waals surface area (Å²) in [5.74, 6) is 0. The van der Waals surface area contributed by atoms with Crippen LogP contribution in [0.2, 0.25) is 0 Å². The van der Waals surface area contributed by atoms with Gasteiger partial charge in [-0.3, -0.25) is 0 Å². The van der Waals surface area contributed by atoms with Crippen molar-refractivity contribution in [3.05, 3.63) is 0 Å². The molecule has 0 atom stereocenters. The maximum Gasteiger partial charge on any atom is 4.00 e. The van der Waals surface area contributed by atoms with Crippen LogP contribution in [-0.4, -0.2) is 0 Å². The first kappa shape index (κ1) is 155. The average molecular weight is 426 g/mol. The van der Waals surface area contributed by atoms with Crippen LogP contribution in [0.4, 0.5) is 0 Å². The molecule has 6 heavy (non-hydrogen) atoms. The van der Waals surface area contributed by atoms with Crippen LogP contribution in [0.25, 0.3) is 0 Å². The molecule has 38 valence electrons. The van der Waals surface area contributed by atoms with E-state index >= 15 is 0 Å². The Labute approximate surface area is 68.6 Å². The SMILES string of the molecule is [Hf+4].[O-2].[O-2].[O-2].[O-2].[W]. The van der Waals surface area contributed by atoms with Crippen molar-refractivity contribution in [3.63, 3.8) is 0 Å². The summed E-state index contributed by atoms with van der Waals surface area (Å²) in [5, 5.41) is 0. The summed E-state index contributed by atoms with van der Waals surface area (Å²) in [5.41, 5.74) is 0. The van der Waals surface area contributed by atoms with Gasteiger partial charge in [0.15, 0.2) is 0 Å². The second-order valence-electron chi connectivity index (χ2n) is 0. The molecule has 0 fully saturated rings. The van der Waals surface area contributed by atoms with Gasteiger partial charge in [0.1, 0.15) is 0 Å². The molecule has 0 saturated heterocycles. The Morgan fingerprint density at radius 3 is 0.500 bits per heavy atom. The molecule has 0 aliphatic rings. The molecular formula is HfO4W-4. The zero-order valence-electron chi connectivity index (χ0n) is 2.54. The molecule has 0 spiro atoms. The fraction of sp³-hybridized carbons (Fsp3) is 0. The molecule has 6 heteroatoms. The zero-order valence-corrected chi connectivity index (χ0v) is 9.07. The van der Waals surface area contributed by atoms with Crippen LogP contribution >= 0.6 is 0 Å².